The zero-order chi connectivity index (χ0) is 6.41. The van der Waals surface area contributed by atoms with Crippen molar-refractivity contribution in [3.8, 4) is 0 Å². The first-order chi connectivity index (χ1) is 3.81. The van der Waals surface area contributed by atoms with E-state index in [2.05, 4.69) is 11.3 Å². The minimum atomic E-state index is -0.661. The second kappa shape index (κ2) is 4.46. The molecular formula is C4H6ClNO2. The number of carbonyl (C=O) groups excluding carboxylic acids is 1. The van der Waals surface area contributed by atoms with E-state index >= 15 is 0 Å². The van der Waals surface area contributed by atoms with Crippen LogP contribution in [0.15, 0.2) is 12.7 Å². The highest BCUT2D eigenvalue weighted by atomic mass is 35.5. The van der Waals surface area contributed by atoms with E-state index in [0.29, 0.717) is 0 Å². The van der Waals surface area contributed by atoms with Crippen molar-refractivity contribution in [1.29, 1.82) is 0 Å². The van der Waals surface area contributed by atoms with E-state index in [4.69, 9.17) is 11.8 Å². The molecule has 3 nitrogen and oxygen atoms in total. The molecule has 0 fully saturated rings. The molecule has 1 amide bonds. The maximum atomic E-state index is 10.1. The molecule has 4 heteroatoms. The van der Waals surface area contributed by atoms with Crippen LogP contribution in [0.5, 0.6) is 0 Å². The summed E-state index contributed by atoms with van der Waals surface area (Å²) in [7, 11) is 0. The molecule has 0 aliphatic rings. The molecule has 0 aliphatic heterocycles. The van der Waals surface area contributed by atoms with Crippen LogP contribution in [0.1, 0.15) is 0 Å². The van der Waals surface area contributed by atoms with E-state index in [1.807, 2.05) is 0 Å². The van der Waals surface area contributed by atoms with Crippen molar-refractivity contribution in [2.75, 3.05) is 6.61 Å². The summed E-state index contributed by atoms with van der Waals surface area (Å²) in [5.74, 6) is 0. The van der Waals surface area contributed by atoms with Gasteiger partial charge in [0, 0.05) is 11.8 Å². The van der Waals surface area contributed by atoms with Gasteiger partial charge in [0.2, 0.25) is 0 Å². The standard InChI is InChI=1S/C4H6ClNO2/c1-2-3-8-4(7)6-5/h2H,1,3H2,(H,6,7). The summed E-state index contributed by atoms with van der Waals surface area (Å²) in [4.78, 5) is 11.8. The van der Waals surface area contributed by atoms with E-state index in [-0.39, 0.29) is 6.61 Å². The summed E-state index contributed by atoms with van der Waals surface area (Å²) in [5.41, 5.74) is 0. The van der Waals surface area contributed by atoms with Gasteiger partial charge >= 0.3 is 6.09 Å². The maximum absolute atomic E-state index is 10.1. The third kappa shape index (κ3) is 3.49. The molecule has 0 heterocycles. The van der Waals surface area contributed by atoms with Crippen LogP contribution in [-0.2, 0) is 4.74 Å². The summed E-state index contributed by atoms with van der Waals surface area (Å²) < 4.78 is 4.34. The lowest BCUT2D eigenvalue weighted by Gasteiger charge is -1.94. The first kappa shape index (κ1) is 7.30. The van der Waals surface area contributed by atoms with Gasteiger partial charge in [-0.05, 0) is 0 Å². The van der Waals surface area contributed by atoms with Gasteiger partial charge in [-0.25, -0.2) is 9.63 Å². The first-order valence-electron chi connectivity index (χ1n) is 1.95. The second-order valence-corrected chi connectivity index (χ2v) is 1.17. The molecule has 0 bridgehead atoms. The van der Waals surface area contributed by atoms with E-state index < -0.39 is 6.09 Å². The highest BCUT2D eigenvalue weighted by Gasteiger charge is 1.92. The number of rotatable bonds is 2. The van der Waals surface area contributed by atoms with Crippen molar-refractivity contribution in [2.45, 2.75) is 0 Å². The van der Waals surface area contributed by atoms with Crippen molar-refractivity contribution < 1.29 is 9.53 Å². The van der Waals surface area contributed by atoms with Gasteiger partial charge in [0.25, 0.3) is 0 Å². The molecule has 0 aromatic heterocycles. The molecule has 0 saturated carbocycles. The SMILES string of the molecule is C=CCOC(=O)NCl. The molecule has 0 aromatic carbocycles. The summed E-state index contributed by atoms with van der Waals surface area (Å²) >= 11 is 4.83. The second-order valence-electron chi connectivity index (χ2n) is 0.982. The number of nitrogens with one attached hydrogen (secondary N) is 1. The van der Waals surface area contributed by atoms with Gasteiger partial charge in [-0.2, -0.15) is 0 Å². The normalized spacial score (nSPS) is 7.62. The molecule has 0 unspecified atom stereocenters. The Bertz CT molecular complexity index is 94.0. The van der Waals surface area contributed by atoms with E-state index in [1.165, 1.54) is 6.08 Å². The molecule has 0 saturated heterocycles. The lowest BCUT2D eigenvalue weighted by molar-refractivity contribution is 0.165. The van der Waals surface area contributed by atoms with Gasteiger partial charge < -0.3 is 4.74 Å². The molecule has 0 atom stereocenters. The fraction of sp³-hybridized carbons (Fsp3) is 0.250. The van der Waals surface area contributed by atoms with Crippen molar-refractivity contribution in [1.82, 2.24) is 4.84 Å². The topological polar surface area (TPSA) is 38.3 Å². The minimum absolute atomic E-state index is 0.179. The number of hydrogen-bond donors (Lipinski definition) is 1. The highest BCUT2D eigenvalue weighted by molar-refractivity contribution is 6.20. The van der Waals surface area contributed by atoms with Crippen LogP contribution in [0.4, 0.5) is 4.79 Å². The van der Waals surface area contributed by atoms with Gasteiger partial charge in [0.05, 0.1) is 0 Å². The van der Waals surface area contributed by atoms with Crippen LogP contribution < -0.4 is 4.84 Å². The van der Waals surface area contributed by atoms with Gasteiger partial charge in [-0.3, -0.25) is 0 Å². The molecule has 46 valence electrons. The number of ether oxygens (including phenoxy) is 1. The molecule has 0 aromatic rings. The smallest absolute Gasteiger partial charge is 0.422 e. The Morgan fingerprint density at radius 3 is 3.00 bits per heavy atom. The highest BCUT2D eigenvalue weighted by Crippen LogP contribution is 1.77. The fourth-order valence-corrected chi connectivity index (χ4v) is 0.216. The zero-order valence-electron chi connectivity index (χ0n) is 4.19. The van der Waals surface area contributed by atoms with Crippen LogP contribution in [0.3, 0.4) is 0 Å². The summed E-state index contributed by atoms with van der Waals surface area (Å²) in [6, 6.07) is 0. The van der Waals surface area contributed by atoms with Crippen LogP contribution in [0, 0.1) is 0 Å². The predicted molar refractivity (Wildman–Crippen MR) is 30.5 cm³/mol. The Balaban J connectivity index is 3.11. The molecule has 0 rings (SSSR count). The average molecular weight is 136 g/mol. The number of halogens is 1. The van der Waals surface area contributed by atoms with Gasteiger partial charge in [-0.1, -0.05) is 12.7 Å². The molecule has 0 aliphatic carbocycles. The Kier molecular flexibility index (Phi) is 4.07. The monoisotopic (exact) mass is 135 g/mol. The predicted octanol–water partition coefficient (Wildman–Crippen LogP) is 1.05. The Hall–Kier alpha value is -0.700. The average Bonchev–Trinajstić information content (AvgIpc) is 1.83. The maximum Gasteiger partial charge on any atom is 0.422 e. The molecule has 8 heavy (non-hydrogen) atoms. The van der Waals surface area contributed by atoms with Gasteiger partial charge in [0.15, 0.2) is 0 Å². The fourth-order valence-electron chi connectivity index (χ4n) is 0.162. The molecular weight excluding hydrogens is 130 g/mol. The Labute approximate surface area is 52.4 Å². The lowest BCUT2D eigenvalue weighted by atomic mass is 10.7. The number of carbonyl (C=O) groups is 1. The number of hydrogen-bond acceptors (Lipinski definition) is 2. The molecule has 0 radical (unpaired) electrons. The molecule has 1 N–H and O–H groups in total. The molecule has 0 spiro atoms. The quantitative estimate of drug-likeness (QED) is 0.454. The Morgan fingerprint density at radius 1 is 2.00 bits per heavy atom. The van der Waals surface area contributed by atoms with Crippen LogP contribution in [-0.4, -0.2) is 12.7 Å². The van der Waals surface area contributed by atoms with E-state index in [0.717, 1.165) is 0 Å². The minimum Gasteiger partial charge on any atom is -0.444 e. The number of amides is 1. The first-order valence-corrected chi connectivity index (χ1v) is 2.33. The van der Waals surface area contributed by atoms with Crippen LogP contribution in [0.25, 0.3) is 0 Å². The largest absolute Gasteiger partial charge is 0.444 e. The summed E-state index contributed by atoms with van der Waals surface area (Å²) in [6.07, 6.45) is 0.790. The van der Waals surface area contributed by atoms with Crippen molar-refractivity contribution >= 4 is 17.9 Å². The van der Waals surface area contributed by atoms with Gasteiger partial charge in [-0.15, -0.1) is 0 Å². The lowest BCUT2D eigenvalue weighted by Crippen LogP contribution is -2.13. The van der Waals surface area contributed by atoms with Crippen LogP contribution in [0.2, 0.25) is 0 Å². The van der Waals surface area contributed by atoms with Crippen molar-refractivity contribution in [2.24, 2.45) is 0 Å². The zero-order valence-corrected chi connectivity index (χ0v) is 4.94. The van der Waals surface area contributed by atoms with Crippen LogP contribution >= 0.6 is 11.8 Å². The summed E-state index contributed by atoms with van der Waals surface area (Å²) in [5, 5.41) is 0. The third-order valence-electron chi connectivity index (χ3n) is 0.409. The summed E-state index contributed by atoms with van der Waals surface area (Å²) in [6.45, 7) is 3.50. The Morgan fingerprint density at radius 2 is 2.62 bits per heavy atom. The van der Waals surface area contributed by atoms with Crippen molar-refractivity contribution in [3.05, 3.63) is 12.7 Å². The van der Waals surface area contributed by atoms with Crippen molar-refractivity contribution in [3.63, 3.8) is 0 Å². The van der Waals surface area contributed by atoms with Gasteiger partial charge in [0.1, 0.15) is 6.61 Å². The third-order valence-corrected chi connectivity index (χ3v) is 0.564. The van der Waals surface area contributed by atoms with E-state index in [1.54, 1.807) is 4.84 Å². The van der Waals surface area contributed by atoms with E-state index in [9.17, 15) is 4.79 Å².